The van der Waals surface area contributed by atoms with Gasteiger partial charge in [-0.3, -0.25) is 4.79 Å². The number of nitrogens with zero attached hydrogens (tertiary/aromatic N) is 2. The summed E-state index contributed by atoms with van der Waals surface area (Å²) >= 11 is 0. The lowest BCUT2D eigenvalue weighted by Gasteiger charge is -2.21. The highest BCUT2D eigenvalue weighted by atomic mass is 32.2. The van der Waals surface area contributed by atoms with Crippen molar-refractivity contribution in [2.45, 2.75) is 18.4 Å². The highest BCUT2D eigenvalue weighted by Crippen LogP contribution is 2.26. The lowest BCUT2D eigenvalue weighted by molar-refractivity contribution is -0.121. The Morgan fingerprint density at radius 1 is 0.971 bits per heavy atom. The summed E-state index contributed by atoms with van der Waals surface area (Å²) < 4.78 is 38.2. The molecule has 3 aromatic rings. The smallest absolute Gasteiger partial charge is 0.255 e. The maximum Gasteiger partial charge on any atom is 0.255 e. The van der Waals surface area contributed by atoms with Crippen molar-refractivity contribution in [2.75, 3.05) is 20.8 Å². The second-order valence-corrected chi connectivity index (χ2v) is 9.42. The van der Waals surface area contributed by atoms with Crippen LogP contribution in [0.15, 0.2) is 82.8 Å². The number of benzene rings is 3. The number of carbonyl (C=O) groups excluding carboxylic acids is 1. The minimum Gasteiger partial charge on any atom is -0.493 e. The molecule has 3 aromatic carbocycles. The lowest BCUT2D eigenvalue weighted by Crippen LogP contribution is -2.39. The number of nitrogens with one attached hydrogen (secondary N) is 1. The van der Waals surface area contributed by atoms with Gasteiger partial charge in [0.25, 0.3) is 5.91 Å². The molecule has 0 heterocycles. The number of amides is 1. The van der Waals surface area contributed by atoms with E-state index in [-0.39, 0.29) is 11.4 Å². The van der Waals surface area contributed by atoms with Gasteiger partial charge in [0.1, 0.15) is 0 Å². The number of hydrogen-bond acceptors (Lipinski definition) is 6. The Hall–Kier alpha value is -3.69. The fourth-order valence-corrected chi connectivity index (χ4v) is 4.56. The van der Waals surface area contributed by atoms with Crippen molar-refractivity contribution in [3.8, 4) is 11.5 Å². The number of hydrogen-bond donors (Lipinski definition) is 1. The first kappa shape index (κ1) is 24.9. The fraction of sp³-hybridized carbons (Fsp3) is 0.200. The number of sulfonamides is 1. The van der Waals surface area contributed by atoms with Gasteiger partial charge >= 0.3 is 0 Å². The monoisotopic (exact) mass is 481 g/mol. The first-order chi connectivity index (χ1) is 16.3. The third-order valence-electron chi connectivity index (χ3n) is 4.99. The summed E-state index contributed by atoms with van der Waals surface area (Å²) in [6.07, 6.45) is 1.44. The van der Waals surface area contributed by atoms with Crippen molar-refractivity contribution in [3.63, 3.8) is 0 Å². The maximum absolute atomic E-state index is 13.3. The molecule has 0 bridgehead atoms. The van der Waals surface area contributed by atoms with Crippen LogP contribution in [0.3, 0.4) is 0 Å². The van der Waals surface area contributed by atoms with E-state index in [1.807, 2.05) is 37.3 Å². The van der Waals surface area contributed by atoms with Gasteiger partial charge in [-0.25, -0.2) is 13.8 Å². The molecule has 0 fully saturated rings. The lowest BCUT2D eigenvalue weighted by atomic mass is 10.2. The number of rotatable bonds is 10. The van der Waals surface area contributed by atoms with Gasteiger partial charge in [-0.05, 0) is 48.4 Å². The average molecular weight is 482 g/mol. The number of carbonyl (C=O) groups is 1. The SMILES string of the molecule is COc1ccc(/C=N\NC(=O)CN(Cc2ccccc2)S(=O)(=O)c2ccc(C)cc2)cc1OC. The van der Waals surface area contributed by atoms with E-state index in [2.05, 4.69) is 10.5 Å². The highest BCUT2D eigenvalue weighted by Gasteiger charge is 2.26. The van der Waals surface area contributed by atoms with Crippen LogP contribution in [-0.4, -0.2) is 45.6 Å². The Morgan fingerprint density at radius 3 is 2.29 bits per heavy atom. The molecule has 0 atom stereocenters. The van der Waals surface area contributed by atoms with Gasteiger partial charge in [-0.2, -0.15) is 9.41 Å². The topological polar surface area (TPSA) is 97.3 Å². The Morgan fingerprint density at radius 2 is 1.65 bits per heavy atom. The number of hydrazone groups is 1. The molecule has 1 N–H and O–H groups in total. The number of aryl methyl sites for hydroxylation is 1. The summed E-state index contributed by atoms with van der Waals surface area (Å²) in [5.41, 5.74) is 4.78. The van der Waals surface area contributed by atoms with Gasteiger partial charge in [0.15, 0.2) is 11.5 Å². The van der Waals surface area contributed by atoms with Crippen molar-refractivity contribution >= 4 is 22.1 Å². The molecule has 0 radical (unpaired) electrons. The van der Waals surface area contributed by atoms with E-state index < -0.39 is 22.5 Å². The molecule has 0 aliphatic carbocycles. The van der Waals surface area contributed by atoms with Crippen LogP contribution in [0.2, 0.25) is 0 Å². The molecular formula is C25H27N3O5S. The Labute approximate surface area is 199 Å². The maximum atomic E-state index is 13.3. The van der Waals surface area contributed by atoms with Crippen molar-refractivity contribution in [3.05, 3.63) is 89.5 Å². The van der Waals surface area contributed by atoms with E-state index in [1.165, 1.54) is 32.6 Å². The van der Waals surface area contributed by atoms with Crippen LogP contribution >= 0.6 is 0 Å². The largest absolute Gasteiger partial charge is 0.493 e. The van der Waals surface area contributed by atoms with Gasteiger partial charge in [0, 0.05) is 6.54 Å². The fourth-order valence-electron chi connectivity index (χ4n) is 3.18. The Balaban J connectivity index is 1.76. The van der Waals surface area contributed by atoms with Gasteiger partial charge in [-0.15, -0.1) is 0 Å². The average Bonchev–Trinajstić information content (AvgIpc) is 2.84. The molecule has 0 saturated heterocycles. The summed E-state index contributed by atoms with van der Waals surface area (Å²) in [5.74, 6) is 0.529. The summed E-state index contributed by atoms with van der Waals surface area (Å²) in [6, 6.07) is 20.8. The zero-order valence-electron chi connectivity index (χ0n) is 19.3. The third-order valence-corrected chi connectivity index (χ3v) is 6.80. The minimum atomic E-state index is -3.91. The molecule has 0 aliphatic rings. The van der Waals surface area contributed by atoms with Crippen LogP contribution in [0.4, 0.5) is 0 Å². The predicted molar refractivity (Wildman–Crippen MR) is 130 cm³/mol. The number of methoxy groups -OCH3 is 2. The quantitative estimate of drug-likeness (QED) is 0.354. The summed E-state index contributed by atoms with van der Waals surface area (Å²) in [4.78, 5) is 12.7. The molecule has 0 aliphatic heterocycles. The molecular weight excluding hydrogens is 454 g/mol. The summed E-state index contributed by atoms with van der Waals surface area (Å²) in [6.45, 7) is 1.53. The van der Waals surface area contributed by atoms with Gasteiger partial charge in [0.05, 0.1) is 31.9 Å². The summed E-state index contributed by atoms with van der Waals surface area (Å²) in [7, 11) is -0.851. The Kier molecular flexibility index (Phi) is 8.39. The van der Waals surface area contributed by atoms with E-state index >= 15 is 0 Å². The Bertz CT molecular complexity index is 1240. The molecule has 9 heteroatoms. The van der Waals surface area contributed by atoms with E-state index in [0.29, 0.717) is 17.1 Å². The normalized spacial score (nSPS) is 11.5. The van der Waals surface area contributed by atoms with E-state index in [0.717, 1.165) is 15.4 Å². The third kappa shape index (κ3) is 6.43. The van der Waals surface area contributed by atoms with Crippen molar-refractivity contribution in [1.82, 2.24) is 9.73 Å². The molecule has 0 aromatic heterocycles. The summed E-state index contributed by atoms with van der Waals surface area (Å²) in [5, 5.41) is 3.96. The second kappa shape index (κ2) is 11.4. The zero-order valence-corrected chi connectivity index (χ0v) is 20.1. The van der Waals surface area contributed by atoms with Gasteiger partial charge in [-0.1, -0.05) is 48.0 Å². The van der Waals surface area contributed by atoms with Gasteiger partial charge < -0.3 is 9.47 Å². The molecule has 0 unspecified atom stereocenters. The van der Waals surface area contributed by atoms with E-state index in [9.17, 15) is 13.2 Å². The van der Waals surface area contributed by atoms with Crippen molar-refractivity contribution in [1.29, 1.82) is 0 Å². The number of ether oxygens (including phenoxy) is 2. The van der Waals surface area contributed by atoms with Crippen LogP contribution in [-0.2, 0) is 21.4 Å². The first-order valence-corrected chi connectivity index (χ1v) is 11.9. The van der Waals surface area contributed by atoms with E-state index in [1.54, 1.807) is 30.3 Å². The van der Waals surface area contributed by atoms with Crippen LogP contribution < -0.4 is 14.9 Å². The highest BCUT2D eigenvalue weighted by molar-refractivity contribution is 7.89. The van der Waals surface area contributed by atoms with Crippen molar-refractivity contribution < 1.29 is 22.7 Å². The minimum absolute atomic E-state index is 0.0455. The standard InChI is InChI=1S/C25H27N3O5S/c1-19-9-12-22(13-10-19)34(30,31)28(17-20-7-5-4-6-8-20)18-25(29)27-26-16-21-11-14-23(32-2)24(15-21)33-3/h4-16H,17-18H2,1-3H3,(H,27,29)/b26-16-. The zero-order chi connectivity index (χ0) is 24.6. The molecule has 0 saturated carbocycles. The molecule has 8 nitrogen and oxygen atoms in total. The van der Waals surface area contributed by atoms with Crippen LogP contribution in [0.1, 0.15) is 16.7 Å². The molecule has 34 heavy (non-hydrogen) atoms. The second-order valence-electron chi connectivity index (χ2n) is 7.48. The predicted octanol–water partition coefficient (Wildman–Crippen LogP) is 3.35. The molecule has 3 rings (SSSR count). The van der Waals surface area contributed by atoms with Crippen LogP contribution in [0, 0.1) is 6.92 Å². The molecule has 1 amide bonds. The molecule has 178 valence electrons. The molecule has 0 spiro atoms. The van der Waals surface area contributed by atoms with Crippen LogP contribution in [0.5, 0.6) is 11.5 Å². The van der Waals surface area contributed by atoms with Crippen LogP contribution in [0.25, 0.3) is 0 Å². The van der Waals surface area contributed by atoms with E-state index in [4.69, 9.17) is 9.47 Å². The van der Waals surface area contributed by atoms with Crippen molar-refractivity contribution in [2.24, 2.45) is 5.10 Å². The van der Waals surface area contributed by atoms with Gasteiger partial charge in [0.2, 0.25) is 10.0 Å². The first-order valence-electron chi connectivity index (χ1n) is 10.5.